The number of carboxylic acid groups (broad SMARTS) is 1. The fraction of sp³-hybridized carbons (Fsp3) is 0.154. The molecule has 138 valence electrons. The summed E-state index contributed by atoms with van der Waals surface area (Å²) in [5.41, 5.74) is -4.42. The predicted molar refractivity (Wildman–Crippen MR) is 83.6 cm³/mol. The van der Waals surface area contributed by atoms with Gasteiger partial charge < -0.3 is 9.29 Å². The van der Waals surface area contributed by atoms with Crippen molar-refractivity contribution in [2.75, 3.05) is 0 Å². The molecule has 0 saturated heterocycles. The lowest BCUT2D eigenvalue weighted by Crippen LogP contribution is -2.28. The second-order valence-corrected chi connectivity index (χ2v) is 7.47. The summed E-state index contributed by atoms with van der Waals surface area (Å²) in [6, 6.07) is 5.01. The molecule has 3 rings (SSSR count). The zero-order valence-electron chi connectivity index (χ0n) is 12.7. The lowest BCUT2D eigenvalue weighted by molar-refractivity contribution is -0.0501. The number of aryl methyl sites for hydroxylation is 1. The Hall–Kier alpha value is -2.67. The topological polar surface area (TPSA) is 111 Å². The Morgan fingerprint density at radius 2 is 2.04 bits per heavy atom. The summed E-state index contributed by atoms with van der Waals surface area (Å²) in [5, 5.41) is 13.3. The van der Waals surface area contributed by atoms with Gasteiger partial charge in [-0.25, -0.2) is 9.31 Å². The fourth-order valence-corrected chi connectivity index (χ4v) is 3.55. The third-order valence-electron chi connectivity index (χ3n) is 3.19. The SMILES string of the molecule is Cc1nn2ccccc2c1-c1nc(OS(=O)(=O)C(F)(F)F)c(C(=O)O)s1. The van der Waals surface area contributed by atoms with Crippen molar-refractivity contribution in [1.82, 2.24) is 14.6 Å². The van der Waals surface area contributed by atoms with Gasteiger partial charge >= 0.3 is 21.6 Å². The maximum Gasteiger partial charge on any atom is 0.534 e. The standard InChI is InChI=1S/C13H8F3N3O5S2/c1-6-8(7-4-2-3-5-19(7)18-6)11-17-10(9(25-11)12(20)21)24-26(22,23)13(14,15)16/h2-5H,1H3,(H,20,21). The van der Waals surface area contributed by atoms with Crippen LogP contribution >= 0.6 is 11.3 Å². The first-order chi connectivity index (χ1) is 12.0. The maximum absolute atomic E-state index is 12.5. The molecule has 13 heteroatoms. The average Bonchev–Trinajstić information content (AvgIpc) is 3.05. The number of alkyl halides is 3. The summed E-state index contributed by atoms with van der Waals surface area (Å²) in [7, 11) is -6.05. The summed E-state index contributed by atoms with van der Waals surface area (Å²) < 4.78 is 65.3. The van der Waals surface area contributed by atoms with E-state index in [-0.39, 0.29) is 5.01 Å². The van der Waals surface area contributed by atoms with Crippen LogP contribution in [-0.2, 0) is 10.1 Å². The van der Waals surface area contributed by atoms with Gasteiger partial charge in [0.05, 0.1) is 16.8 Å². The molecule has 0 fully saturated rings. The average molecular weight is 407 g/mol. The quantitative estimate of drug-likeness (QED) is 0.523. The van der Waals surface area contributed by atoms with Crippen molar-refractivity contribution in [2.45, 2.75) is 12.4 Å². The van der Waals surface area contributed by atoms with Gasteiger partial charge in [-0.3, -0.25) is 0 Å². The Balaban J connectivity index is 2.17. The largest absolute Gasteiger partial charge is 0.534 e. The molecule has 0 aliphatic heterocycles. The Morgan fingerprint density at radius 1 is 1.35 bits per heavy atom. The monoisotopic (exact) mass is 407 g/mol. The normalized spacial score (nSPS) is 12.5. The number of pyridine rings is 1. The number of thiazole rings is 1. The molecule has 0 amide bonds. The van der Waals surface area contributed by atoms with Crippen LogP contribution in [0.5, 0.6) is 5.88 Å². The van der Waals surface area contributed by atoms with Gasteiger partial charge in [0.25, 0.3) is 5.88 Å². The van der Waals surface area contributed by atoms with Crippen LogP contribution in [0.3, 0.4) is 0 Å². The van der Waals surface area contributed by atoms with Crippen LogP contribution in [0.2, 0.25) is 0 Å². The summed E-state index contributed by atoms with van der Waals surface area (Å²) in [6.45, 7) is 1.59. The lowest BCUT2D eigenvalue weighted by Gasteiger charge is -2.07. The summed E-state index contributed by atoms with van der Waals surface area (Å²) in [4.78, 5) is 14.2. The third kappa shape index (κ3) is 2.99. The lowest BCUT2D eigenvalue weighted by atomic mass is 10.2. The molecule has 3 aromatic rings. The van der Waals surface area contributed by atoms with Crippen molar-refractivity contribution in [1.29, 1.82) is 0 Å². The highest BCUT2D eigenvalue weighted by atomic mass is 32.2. The molecule has 8 nitrogen and oxygen atoms in total. The van der Waals surface area contributed by atoms with E-state index in [1.807, 2.05) is 0 Å². The number of halogens is 3. The first-order valence-electron chi connectivity index (χ1n) is 6.70. The van der Waals surface area contributed by atoms with Crippen molar-refractivity contribution >= 4 is 32.9 Å². The minimum Gasteiger partial charge on any atom is -0.477 e. The second-order valence-electron chi connectivity index (χ2n) is 4.93. The zero-order chi connectivity index (χ0) is 19.3. The van der Waals surface area contributed by atoms with Crippen molar-refractivity contribution in [3.05, 3.63) is 35.0 Å². The minimum atomic E-state index is -6.05. The number of hydrogen-bond acceptors (Lipinski definition) is 7. The molecular formula is C13H8F3N3O5S2. The van der Waals surface area contributed by atoms with E-state index in [1.54, 1.807) is 31.3 Å². The van der Waals surface area contributed by atoms with Crippen LogP contribution in [0.15, 0.2) is 24.4 Å². The van der Waals surface area contributed by atoms with Crippen molar-refractivity contribution < 1.29 is 35.7 Å². The van der Waals surface area contributed by atoms with Crippen LogP contribution in [-0.4, -0.2) is 39.6 Å². The number of aromatic carboxylic acids is 1. The van der Waals surface area contributed by atoms with E-state index in [0.717, 1.165) is 0 Å². The van der Waals surface area contributed by atoms with Gasteiger partial charge in [0.1, 0.15) is 5.01 Å². The van der Waals surface area contributed by atoms with Crippen molar-refractivity contribution in [3.8, 4) is 16.5 Å². The molecule has 0 aromatic carbocycles. The Bertz CT molecular complexity index is 1120. The molecule has 0 aliphatic carbocycles. The second kappa shape index (κ2) is 5.95. The van der Waals surface area contributed by atoms with E-state index < -0.39 is 32.4 Å². The molecular weight excluding hydrogens is 399 g/mol. The van der Waals surface area contributed by atoms with E-state index >= 15 is 0 Å². The van der Waals surface area contributed by atoms with Crippen LogP contribution in [0.4, 0.5) is 13.2 Å². The summed E-state index contributed by atoms with van der Waals surface area (Å²) >= 11 is 0.485. The molecule has 0 radical (unpaired) electrons. The van der Waals surface area contributed by atoms with Crippen LogP contribution in [0.25, 0.3) is 16.1 Å². The molecule has 0 spiro atoms. The Morgan fingerprint density at radius 3 is 2.65 bits per heavy atom. The highest BCUT2D eigenvalue weighted by Gasteiger charge is 2.49. The van der Waals surface area contributed by atoms with Crippen LogP contribution in [0, 0.1) is 6.92 Å². The fourth-order valence-electron chi connectivity index (χ4n) is 2.14. The van der Waals surface area contributed by atoms with Crippen LogP contribution in [0.1, 0.15) is 15.4 Å². The molecule has 26 heavy (non-hydrogen) atoms. The van der Waals surface area contributed by atoms with E-state index in [0.29, 0.717) is 28.1 Å². The van der Waals surface area contributed by atoms with E-state index in [2.05, 4.69) is 14.3 Å². The first-order valence-corrected chi connectivity index (χ1v) is 8.93. The van der Waals surface area contributed by atoms with E-state index in [9.17, 15) is 26.4 Å². The molecule has 3 aromatic heterocycles. The van der Waals surface area contributed by atoms with Gasteiger partial charge in [0.15, 0.2) is 4.88 Å². The zero-order valence-corrected chi connectivity index (χ0v) is 14.3. The highest BCUT2D eigenvalue weighted by Crippen LogP contribution is 2.38. The molecule has 0 unspecified atom stereocenters. The minimum absolute atomic E-state index is 0.0338. The van der Waals surface area contributed by atoms with Gasteiger partial charge in [-0.05, 0) is 19.1 Å². The molecule has 0 aliphatic rings. The number of aromatic nitrogens is 3. The molecule has 0 bridgehead atoms. The van der Waals surface area contributed by atoms with Gasteiger partial charge in [0, 0.05) is 6.20 Å². The van der Waals surface area contributed by atoms with Gasteiger partial charge in [0.2, 0.25) is 0 Å². The van der Waals surface area contributed by atoms with Crippen LogP contribution < -0.4 is 4.18 Å². The van der Waals surface area contributed by atoms with Gasteiger partial charge in [-0.1, -0.05) is 6.07 Å². The summed E-state index contributed by atoms with van der Waals surface area (Å²) in [6.07, 6.45) is 1.61. The third-order valence-corrected chi connectivity index (χ3v) is 5.18. The molecule has 3 heterocycles. The van der Waals surface area contributed by atoms with E-state index in [1.165, 1.54) is 4.52 Å². The van der Waals surface area contributed by atoms with Gasteiger partial charge in [-0.15, -0.1) is 11.3 Å². The first kappa shape index (κ1) is 18.1. The van der Waals surface area contributed by atoms with Crippen molar-refractivity contribution in [2.24, 2.45) is 0 Å². The molecule has 0 atom stereocenters. The number of carbonyl (C=O) groups is 1. The highest BCUT2D eigenvalue weighted by molar-refractivity contribution is 7.88. The molecule has 0 saturated carbocycles. The maximum atomic E-state index is 12.5. The van der Waals surface area contributed by atoms with Crippen molar-refractivity contribution in [3.63, 3.8) is 0 Å². The number of carboxylic acids is 1. The predicted octanol–water partition coefficient (Wildman–Crippen LogP) is 2.69. The number of fused-ring (bicyclic) bond motifs is 1. The number of rotatable bonds is 4. The molecule has 1 N–H and O–H groups in total. The number of nitrogens with zero attached hydrogens (tertiary/aromatic N) is 3. The summed E-state index contributed by atoms with van der Waals surface area (Å²) in [5.74, 6) is -2.82. The Kier molecular flexibility index (Phi) is 4.15. The van der Waals surface area contributed by atoms with E-state index in [4.69, 9.17) is 5.11 Å². The Labute approximate surface area is 147 Å². The number of hydrogen-bond donors (Lipinski definition) is 1. The smallest absolute Gasteiger partial charge is 0.477 e. The van der Waals surface area contributed by atoms with Gasteiger partial charge in [-0.2, -0.15) is 31.7 Å².